The fourth-order valence-electron chi connectivity index (χ4n) is 3.43. The van der Waals surface area contributed by atoms with Crippen LogP contribution in [0, 0.1) is 17.3 Å². The minimum absolute atomic E-state index is 0.695. The molecule has 0 amide bonds. The number of furan rings is 1. The highest BCUT2D eigenvalue weighted by Gasteiger charge is 2.53. The van der Waals surface area contributed by atoms with Gasteiger partial charge in [0.15, 0.2) is 0 Å². The molecule has 0 bridgehead atoms. The molecule has 1 aromatic rings. The van der Waals surface area contributed by atoms with Crippen LogP contribution in [0.5, 0.6) is 0 Å². The summed E-state index contributed by atoms with van der Waals surface area (Å²) in [7, 11) is 0. The van der Waals surface area contributed by atoms with E-state index < -0.39 is 0 Å². The summed E-state index contributed by atoms with van der Waals surface area (Å²) >= 11 is 0. The van der Waals surface area contributed by atoms with E-state index in [-0.39, 0.29) is 0 Å². The maximum atomic E-state index is 5.93. The molecule has 1 aromatic heterocycles. The first-order chi connectivity index (χ1) is 8.77. The molecule has 3 aliphatic carbocycles. The van der Waals surface area contributed by atoms with Crippen molar-refractivity contribution in [1.82, 2.24) is 5.32 Å². The third-order valence-corrected chi connectivity index (χ3v) is 5.27. The van der Waals surface area contributed by atoms with Gasteiger partial charge in [-0.15, -0.1) is 0 Å². The third-order valence-electron chi connectivity index (χ3n) is 5.27. The van der Waals surface area contributed by atoms with Gasteiger partial charge in [0.25, 0.3) is 0 Å². The average Bonchev–Trinajstić information content (AvgIpc) is 3.19. The summed E-state index contributed by atoms with van der Waals surface area (Å²) in [5.41, 5.74) is 0.695. The zero-order valence-corrected chi connectivity index (χ0v) is 11.2. The lowest BCUT2D eigenvalue weighted by Gasteiger charge is -2.14. The van der Waals surface area contributed by atoms with Gasteiger partial charge in [-0.25, -0.2) is 0 Å². The van der Waals surface area contributed by atoms with Gasteiger partial charge in [0, 0.05) is 12.5 Å². The van der Waals surface area contributed by atoms with Gasteiger partial charge >= 0.3 is 0 Å². The van der Waals surface area contributed by atoms with Crippen LogP contribution in [0.15, 0.2) is 16.5 Å². The summed E-state index contributed by atoms with van der Waals surface area (Å²) in [4.78, 5) is 0. The van der Waals surface area contributed by atoms with Crippen molar-refractivity contribution in [3.8, 4) is 0 Å². The minimum atomic E-state index is 0.695. The zero-order chi connectivity index (χ0) is 12.2. The fraction of sp³-hybridized carbons (Fsp3) is 0.750. The second kappa shape index (κ2) is 3.86. The number of hydrogen-bond acceptors (Lipinski definition) is 2. The Labute approximate surface area is 109 Å². The lowest BCUT2D eigenvalue weighted by Crippen LogP contribution is -2.24. The van der Waals surface area contributed by atoms with Crippen LogP contribution in [0.2, 0.25) is 0 Å². The average molecular weight is 245 g/mol. The molecule has 0 spiro atoms. The molecular weight excluding hydrogens is 222 g/mol. The summed E-state index contributed by atoms with van der Waals surface area (Å²) < 4.78 is 5.93. The summed E-state index contributed by atoms with van der Waals surface area (Å²) in [6.45, 7) is 4.42. The molecule has 0 aromatic carbocycles. The van der Waals surface area contributed by atoms with Crippen LogP contribution in [-0.2, 0) is 6.54 Å². The lowest BCUT2D eigenvalue weighted by atomic mass is 10.0. The Morgan fingerprint density at radius 3 is 2.72 bits per heavy atom. The van der Waals surface area contributed by atoms with E-state index >= 15 is 0 Å². The maximum absolute atomic E-state index is 5.93. The van der Waals surface area contributed by atoms with Gasteiger partial charge in [0.2, 0.25) is 0 Å². The van der Waals surface area contributed by atoms with E-state index in [2.05, 4.69) is 24.4 Å². The van der Waals surface area contributed by atoms with E-state index in [0.29, 0.717) is 11.3 Å². The molecule has 3 saturated carbocycles. The Hall–Kier alpha value is -0.760. The van der Waals surface area contributed by atoms with Crippen LogP contribution in [0.25, 0.3) is 0 Å². The molecule has 2 heteroatoms. The van der Waals surface area contributed by atoms with Crippen molar-refractivity contribution in [3.05, 3.63) is 23.7 Å². The topological polar surface area (TPSA) is 25.2 Å². The Bertz CT molecular complexity index is 442. The first-order valence-corrected chi connectivity index (χ1v) is 7.56. The quantitative estimate of drug-likeness (QED) is 0.827. The monoisotopic (exact) mass is 245 g/mol. The molecule has 1 N–H and O–H groups in total. The molecule has 2 unspecified atom stereocenters. The van der Waals surface area contributed by atoms with Gasteiger partial charge < -0.3 is 9.73 Å². The van der Waals surface area contributed by atoms with E-state index in [1.165, 1.54) is 44.4 Å². The Morgan fingerprint density at radius 2 is 2.11 bits per heavy atom. The molecule has 0 radical (unpaired) electrons. The summed E-state index contributed by atoms with van der Waals surface area (Å²) in [5, 5.41) is 3.62. The molecule has 3 aliphatic rings. The van der Waals surface area contributed by atoms with Gasteiger partial charge in [-0.1, -0.05) is 6.92 Å². The van der Waals surface area contributed by atoms with Crippen molar-refractivity contribution in [2.24, 2.45) is 17.3 Å². The summed E-state index contributed by atoms with van der Waals surface area (Å²) in [6.07, 6.45) is 7.17. The normalized spacial score (nSPS) is 32.5. The van der Waals surface area contributed by atoms with Crippen molar-refractivity contribution in [3.63, 3.8) is 0 Å². The standard InChI is InChI=1S/C16H23NO/c1-11-8-14(11)15-5-4-13(18-15)9-17-10-16(6-7-16)12-2-3-12/h4-5,11-12,14,17H,2-3,6-10H2,1H3. The highest BCUT2D eigenvalue weighted by molar-refractivity contribution is 5.17. The second-order valence-electron chi connectivity index (χ2n) is 6.86. The highest BCUT2D eigenvalue weighted by Crippen LogP contribution is 2.60. The molecule has 0 saturated heterocycles. The molecule has 0 aliphatic heterocycles. The number of nitrogens with one attached hydrogen (secondary N) is 1. The highest BCUT2D eigenvalue weighted by atomic mass is 16.3. The van der Waals surface area contributed by atoms with Crippen LogP contribution in [0.4, 0.5) is 0 Å². The number of rotatable bonds is 6. The number of hydrogen-bond donors (Lipinski definition) is 1. The molecule has 4 rings (SSSR count). The minimum Gasteiger partial charge on any atom is -0.464 e. The molecule has 18 heavy (non-hydrogen) atoms. The van der Waals surface area contributed by atoms with Crippen LogP contribution < -0.4 is 5.32 Å². The van der Waals surface area contributed by atoms with Gasteiger partial charge in [0.05, 0.1) is 6.54 Å². The van der Waals surface area contributed by atoms with E-state index in [1.54, 1.807) is 0 Å². The lowest BCUT2D eigenvalue weighted by molar-refractivity contribution is 0.381. The smallest absolute Gasteiger partial charge is 0.117 e. The van der Waals surface area contributed by atoms with Gasteiger partial charge in [-0.05, 0) is 61.5 Å². The van der Waals surface area contributed by atoms with E-state index in [4.69, 9.17) is 4.42 Å². The predicted molar refractivity (Wildman–Crippen MR) is 71.3 cm³/mol. The van der Waals surface area contributed by atoms with Gasteiger partial charge in [-0.3, -0.25) is 0 Å². The van der Waals surface area contributed by atoms with Crippen molar-refractivity contribution in [2.75, 3.05) is 6.54 Å². The molecular formula is C16H23NO. The van der Waals surface area contributed by atoms with Gasteiger partial charge in [0.1, 0.15) is 11.5 Å². The van der Waals surface area contributed by atoms with Crippen LogP contribution >= 0.6 is 0 Å². The van der Waals surface area contributed by atoms with Gasteiger partial charge in [-0.2, -0.15) is 0 Å². The molecule has 3 fully saturated rings. The predicted octanol–water partition coefficient (Wildman–Crippen LogP) is 3.68. The summed E-state index contributed by atoms with van der Waals surface area (Å²) in [6, 6.07) is 4.34. The Balaban J connectivity index is 1.28. The van der Waals surface area contributed by atoms with Crippen molar-refractivity contribution in [1.29, 1.82) is 0 Å². The maximum Gasteiger partial charge on any atom is 0.117 e. The molecule has 1 heterocycles. The second-order valence-corrected chi connectivity index (χ2v) is 6.86. The first kappa shape index (κ1) is 11.1. The Kier molecular flexibility index (Phi) is 2.38. The Morgan fingerprint density at radius 1 is 1.33 bits per heavy atom. The first-order valence-electron chi connectivity index (χ1n) is 7.56. The van der Waals surface area contributed by atoms with Crippen LogP contribution in [0.1, 0.15) is 56.5 Å². The fourth-order valence-corrected chi connectivity index (χ4v) is 3.43. The SMILES string of the molecule is CC1CC1c1ccc(CNCC2(C3CC3)CC2)o1. The molecule has 2 atom stereocenters. The molecule has 2 nitrogen and oxygen atoms in total. The van der Waals surface area contributed by atoms with Crippen molar-refractivity contribution in [2.45, 2.75) is 51.5 Å². The van der Waals surface area contributed by atoms with E-state index in [0.717, 1.165) is 24.1 Å². The van der Waals surface area contributed by atoms with E-state index in [9.17, 15) is 0 Å². The third kappa shape index (κ3) is 2.01. The van der Waals surface area contributed by atoms with Crippen LogP contribution in [0.3, 0.4) is 0 Å². The van der Waals surface area contributed by atoms with Crippen molar-refractivity contribution >= 4 is 0 Å². The largest absolute Gasteiger partial charge is 0.464 e. The van der Waals surface area contributed by atoms with Crippen LogP contribution in [-0.4, -0.2) is 6.54 Å². The molecule has 98 valence electrons. The summed E-state index contributed by atoms with van der Waals surface area (Å²) in [5.74, 6) is 4.92. The van der Waals surface area contributed by atoms with E-state index in [1.807, 2.05) is 0 Å². The van der Waals surface area contributed by atoms with Crippen molar-refractivity contribution < 1.29 is 4.42 Å². The zero-order valence-electron chi connectivity index (χ0n) is 11.2.